The van der Waals surface area contributed by atoms with E-state index in [0.717, 1.165) is 71.0 Å². The summed E-state index contributed by atoms with van der Waals surface area (Å²) < 4.78 is 0. The van der Waals surface area contributed by atoms with Crippen LogP contribution in [-0.4, -0.2) is 86.0 Å². The lowest BCUT2D eigenvalue weighted by atomic mass is 10.1. The van der Waals surface area contributed by atoms with E-state index >= 15 is 0 Å². The number of hydrogen-bond acceptors (Lipinski definition) is 4. The first-order chi connectivity index (χ1) is 13.2. The molecule has 6 nitrogen and oxygen atoms in total. The van der Waals surface area contributed by atoms with Crippen molar-refractivity contribution in [2.24, 2.45) is 10.9 Å². The van der Waals surface area contributed by atoms with Crippen molar-refractivity contribution in [3.8, 4) is 0 Å². The number of amides is 1. The minimum absolute atomic E-state index is 0. The van der Waals surface area contributed by atoms with Gasteiger partial charge in [-0.3, -0.25) is 14.7 Å². The van der Waals surface area contributed by atoms with Crippen molar-refractivity contribution in [2.75, 3.05) is 59.4 Å². The van der Waals surface area contributed by atoms with E-state index in [-0.39, 0.29) is 24.0 Å². The Balaban J connectivity index is 0.00000280. The van der Waals surface area contributed by atoms with Gasteiger partial charge in [0, 0.05) is 57.7 Å². The zero-order valence-electron chi connectivity index (χ0n) is 17.1. The number of nitrogens with one attached hydrogen (secondary N) is 1. The number of piperazine rings is 1. The highest BCUT2D eigenvalue weighted by atomic mass is 127. The molecule has 8 heteroatoms. The second kappa shape index (κ2) is 12.0. The van der Waals surface area contributed by atoms with E-state index in [9.17, 15) is 4.79 Å². The average Bonchev–Trinajstić information content (AvgIpc) is 3.37. The molecule has 0 radical (unpaired) electrons. The molecular formula is C20H34IN5OS. The Morgan fingerprint density at radius 1 is 1.18 bits per heavy atom. The summed E-state index contributed by atoms with van der Waals surface area (Å²) in [5.74, 6) is 1.85. The number of guanidine groups is 1. The van der Waals surface area contributed by atoms with Gasteiger partial charge >= 0.3 is 0 Å². The van der Waals surface area contributed by atoms with Gasteiger partial charge in [-0.2, -0.15) is 0 Å². The summed E-state index contributed by atoms with van der Waals surface area (Å²) in [7, 11) is 1.86. The lowest BCUT2D eigenvalue weighted by Gasteiger charge is -2.37. The highest BCUT2D eigenvalue weighted by molar-refractivity contribution is 14.0. The van der Waals surface area contributed by atoms with Gasteiger partial charge in [0.15, 0.2) is 5.96 Å². The molecule has 2 fully saturated rings. The molecule has 28 heavy (non-hydrogen) atoms. The second-order valence-corrected chi connectivity index (χ2v) is 8.70. The first-order valence-corrected chi connectivity index (χ1v) is 11.0. The van der Waals surface area contributed by atoms with E-state index in [1.807, 2.05) is 23.3 Å². The minimum atomic E-state index is 0. The Hall–Kier alpha value is -0.870. The van der Waals surface area contributed by atoms with E-state index in [1.165, 1.54) is 4.88 Å². The van der Waals surface area contributed by atoms with Crippen LogP contribution in [0.1, 0.15) is 24.6 Å². The summed E-state index contributed by atoms with van der Waals surface area (Å²) >= 11 is 1.83. The SMILES string of the molecule is CN=C(NCC(C)Cc1cccs1)N1CCN(CC(=O)N2CCCC2)CC1.I. The smallest absolute Gasteiger partial charge is 0.236 e. The van der Waals surface area contributed by atoms with E-state index in [1.54, 1.807) is 0 Å². The van der Waals surface area contributed by atoms with Gasteiger partial charge in [0.1, 0.15) is 0 Å². The molecule has 1 aromatic heterocycles. The third-order valence-electron chi connectivity index (χ3n) is 5.44. The van der Waals surface area contributed by atoms with Crippen molar-refractivity contribution < 1.29 is 4.79 Å². The number of halogens is 1. The maximum Gasteiger partial charge on any atom is 0.236 e. The molecule has 2 aliphatic rings. The summed E-state index contributed by atoms with van der Waals surface area (Å²) in [6.45, 7) is 9.35. The predicted molar refractivity (Wildman–Crippen MR) is 128 cm³/mol. The first-order valence-electron chi connectivity index (χ1n) is 10.1. The number of aliphatic imine (C=N–C) groups is 1. The summed E-state index contributed by atoms with van der Waals surface area (Å²) in [5.41, 5.74) is 0. The zero-order valence-corrected chi connectivity index (χ0v) is 20.2. The number of carbonyl (C=O) groups excluding carboxylic acids is 1. The Morgan fingerprint density at radius 3 is 2.50 bits per heavy atom. The normalized spacial score (nSPS) is 19.4. The minimum Gasteiger partial charge on any atom is -0.356 e. The first kappa shape index (κ1) is 23.4. The largest absolute Gasteiger partial charge is 0.356 e. The lowest BCUT2D eigenvalue weighted by molar-refractivity contribution is -0.131. The third-order valence-corrected chi connectivity index (χ3v) is 6.34. The van der Waals surface area contributed by atoms with Gasteiger partial charge in [-0.05, 0) is 36.6 Å². The van der Waals surface area contributed by atoms with Crippen LogP contribution in [0.25, 0.3) is 0 Å². The number of nitrogens with zero attached hydrogens (tertiary/aromatic N) is 4. The van der Waals surface area contributed by atoms with Crippen molar-refractivity contribution in [3.05, 3.63) is 22.4 Å². The summed E-state index contributed by atoms with van der Waals surface area (Å²) in [6.07, 6.45) is 3.42. The Labute approximate surface area is 190 Å². The van der Waals surface area contributed by atoms with Crippen LogP contribution in [0.5, 0.6) is 0 Å². The fourth-order valence-corrected chi connectivity index (χ4v) is 4.69. The van der Waals surface area contributed by atoms with Crippen LogP contribution in [0.3, 0.4) is 0 Å². The monoisotopic (exact) mass is 519 g/mol. The third kappa shape index (κ3) is 6.88. The van der Waals surface area contributed by atoms with E-state index < -0.39 is 0 Å². The van der Waals surface area contributed by atoms with Gasteiger partial charge in [0.2, 0.25) is 5.91 Å². The Kier molecular flexibility index (Phi) is 10.0. The number of hydrogen-bond donors (Lipinski definition) is 1. The fourth-order valence-electron chi connectivity index (χ4n) is 3.82. The lowest BCUT2D eigenvalue weighted by Crippen LogP contribution is -2.54. The standard InChI is InChI=1S/C20H33N5OS.HI/c1-17(14-18-6-5-13-27-18)15-22-20(21-2)25-11-9-23(10-12-25)16-19(26)24-7-3-4-8-24;/h5-6,13,17H,3-4,7-12,14-16H2,1-2H3,(H,21,22);1H. The van der Waals surface area contributed by atoms with E-state index in [4.69, 9.17) is 0 Å². The van der Waals surface area contributed by atoms with E-state index in [0.29, 0.717) is 18.4 Å². The summed E-state index contributed by atoms with van der Waals surface area (Å²) in [4.78, 5) is 24.9. The molecule has 0 spiro atoms. The number of rotatable bonds is 6. The molecule has 158 valence electrons. The summed E-state index contributed by atoms with van der Waals surface area (Å²) in [6, 6.07) is 4.33. The van der Waals surface area contributed by atoms with Crippen molar-refractivity contribution >= 4 is 47.2 Å². The highest BCUT2D eigenvalue weighted by Gasteiger charge is 2.24. The van der Waals surface area contributed by atoms with Gasteiger partial charge in [-0.15, -0.1) is 35.3 Å². The molecule has 1 unspecified atom stereocenters. The zero-order chi connectivity index (χ0) is 19.1. The molecule has 2 aliphatic heterocycles. The van der Waals surface area contributed by atoms with Crippen LogP contribution in [0.2, 0.25) is 0 Å². The molecule has 0 aliphatic carbocycles. The molecule has 0 bridgehead atoms. The van der Waals surface area contributed by atoms with Gasteiger partial charge in [-0.25, -0.2) is 0 Å². The molecule has 1 atom stereocenters. The van der Waals surface area contributed by atoms with Crippen molar-refractivity contribution in [1.29, 1.82) is 0 Å². The van der Waals surface area contributed by atoms with Crippen molar-refractivity contribution in [2.45, 2.75) is 26.2 Å². The summed E-state index contributed by atoms with van der Waals surface area (Å²) in [5, 5.41) is 5.68. The molecular weight excluding hydrogens is 485 g/mol. The van der Waals surface area contributed by atoms with Crippen LogP contribution in [0.15, 0.2) is 22.5 Å². The predicted octanol–water partition coefficient (Wildman–Crippen LogP) is 2.36. The average molecular weight is 519 g/mol. The molecule has 1 N–H and O–H groups in total. The molecule has 0 saturated carbocycles. The van der Waals surface area contributed by atoms with E-state index in [2.05, 4.69) is 44.5 Å². The second-order valence-electron chi connectivity index (χ2n) is 7.67. The van der Waals surface area contributed by atoms with Gasteiger partial charge in [-0.1, -0.05) is 13.0 Å². The molecule has 2 saturated heterocycles. The van der Waals surface area contributed by atoms with Crippen LogP contribution < -0.4 is 5.32 Å². The molecule has 3 rings (SSSR count). The maximum absolute atomic E-state index is 12.3. The molecule has 0 aromatic carbocycles. The fraction of sp³-hybridized carbons (Fsp3) is 0.700. The van der Waals surface area contributed by atoms with Gasteiger partial charge in [0.25, 0.3) is 0 Å². The van der Waals surface area contributed by atoms with Crippen LogP contribution >= 0.6 is 35.3 Å². The van der Waals surface area contributed by atoms with Crippen molar-refractivity contribution in [3.63, 3.8) is 0 Å². The Bertz CT molecular complexity index is 610. The Morgan fingerprint density at radius 2 is 1.89 bits per heavy atom. The van der Waals surface area contributed by atoms with Crippen LogP contribution in [0, 0.1) is 5.92 Å². The van der Waals surface area contributed by atoms with Gasteiger partial charge < -0.3 is 15.1 Å². The molecule has 1 amide bonds. The maximum atomic E-state index is 12.3. The number of likely N-dealkylation sites (tertiary alicyclic amines) is 1. The van der Waals surface area contributed by atoms with Crippen LogP contribution in [-0.2, 0) is 11.2 Å². The van der Waals surface area contributed by atoms with Gasteiger partial charge in [0.05, 0.1) is 6.54 Å². The van der Waals surface area contributed by atoms with Crippen LogP contribution in [0.4, 0.5) is 0 Å². The number of carbonyl (C=O) groups is 1. The molecule has 1 aromatic rings. The topological polar surface area (TPSA) is 51.2 Å². The number of thiophene rings is 1. The van der Waals surface area contributed by atoms with Crippen molar-refractivity contribution in [1.82, 2.24) is 20.0 Å². The highest BCUT2D eigenvalue weighted by Crippen LogP contribution is 2.14. The quantitative estimate of drug-likeness (QED) is 0.356. The molecule has 3 heterocycles.